The molecule has 0 radical (unpaired) electrons. The Morgan fingerprint density at radius 2 is 2.19 bits per heavy atom. The Bertz CT molecular complexity index is 682. The van der Waals surface area contributed by atoms with Crippen LogP contribution in [-0.4, -0.2) is 33.2 Å². The number of rotatable bonds is 4. The molecule has 1 amide bonds. The molecule has 3 N–H and O–H groups in total. The maximum absolute atomic E-state index is 12.0. The number of carbonyl (C=O) groups is 2. The minimum Gasteiger partial charge on any atom is -0.481 e. The quantitative estimate of drug-likeness (QED) is 0.791. The van der Waals surface area contributed by atoms with E-state index in [0.29, 0.717) is 24.3 Å². The van der Waals surface area contributed by atoms with Gasteiger partial charge in [-0.3, -0.25) is 14.7 Å². The lowest BCUT2D eigenvalue weighted by Gasteiger charge is -2.32. The van der Waals surface area contributed by atoms with Gasteiger partial charge in [-0.2, -0.15) is 5.10 Å². The molecule has 0 spiro atoms. The van der Waals surface area contributed by atoms with Gasteiger partial charge in [0.1, 0.15) is 11.5 Å². The number of furan rings is 1. The first-order chi connectivity index (χ1) is 10.0. The van der Waals surface area contributed by atoms with Crippen molar-refractivity contribution < 1.29 is 19.1 Å². The molecule has 1 aliphatic carbocycles. The second kappa shape index (κ2) is 5.08. The number of amides is 1. The largest absolute Gasteiger partial charge is 0.481 e. The summed E-state index contributed by atoms with van der Waals surface area (Å²) in [5.74, 6) is -0.0742. The number of hydrogen-bond acceptors (Lipinski definition) is 4. The molecule has 1 fully saturated rings. The van der Waals surface area contributed by atoms with Gasteiger partial charge >= 0.3 is 5.97 Å². The number of carboxylic acids is 1. The molecule has 0 aromatic carbocycles. The van der Waals surface area contributed by atoms with Gasteiger partial charge in [0.25, 0.3) is 5.91 Å². The van der Waals surface area contributed by atoms with Gasteiger partial charge in [0.05, 0.1) is 5.92 Å². The lowest BCUT2D eigenvalue weighted by atomic mass is 9.80. The number of carbonyl (C=O) groups excluding carboxylic acids is 1. The first kappa shape index (κ1) is 13.4. The van der Waals surface area contributed by atoms with E-state index in [2.05, 4.69) is 15.5 Å². The summed E-state index contributed by atoms with van der Waals surface area (Å²) in [4.78, 5) is 22.7. The SMILES string of the molecule is Cc1ccc(-c2cc(C(=O)NC3CC(C(=O)O)C3)n[nH]2)o1. The summed E-state index contributed by atoms with van der Waals surface area (Å²) < 4.78 is 5.45. The molecular formula is C14H15N3O4. The minimum atomic E-state index is -0.809. The van der Waals surface area contributed by atoms with Gasteiger partial charge in [0.15, 0.2) is 11.5 Å². The van der Waals surface area contributed by atoms with Crippen molar-refractivity contribution in [1.82, 2.24) is 15.5 Å². The Balaban J connectivity index is 1.61. The molecule has 0 bridgehead atoms. The van der Waals surface area contributed by atoms with Crippen molar-refractivity contribution in [3.63, 3.8) is 0 Å². The van der Waals surface area contributed by atoms with Gasteiger partial charge in [0, 0.05) is 12.1 Å². The summed E-state index contributed by atoms with van der Waals surface area (Å²) >= 11 is 0. The number of aryl methyl sites for hydroxylation is 1. The Kier molecular flexibility index (Phi) is 3.25. The van der Waals surface area contributed by atoms with Gasteiger partial charge in [-0.1, -0.05) is 0 Å². The highest BCUT2D eigenvalue weighted by molar-refractivity contribution is 5.93. The third-order valence-electron chi connectivity index (χ3n) is 3.64. The van der Waals surface area contributed by atoms with Crippen LogP contribution in [0.15, 0.2) is 22.6 Å². The van der Waals surface area contributed by atoms with Crippen molar-refractivity contribution in [3.05, 3.63) is 29.7 Å². The van der Waals surface area contributed by atoms with Crippen LogP contribution in [0.1, 0.15) is 29.1 Å². The summed E-state index contributed by atoms with van der Waals surface area (Å²) in [6.45, 7) is 1.84. The highest BCUT2D eigenvalue weighted by atomic mass is 16.4. The lowest BCUT2D eigenvalue weighted by Crippen LogP contribution is -2.46. The Morgan fingerprint density at radius 1 is 1.43 bits per heavy atom. The molecule has 3 rings (SSSR count). The summed E-state index contributed by atoms with van der Waals surface area (Å²) in [6, 6.07) is 5.15. The molecule has 2 heterocycles. The first-order valence-electron chi connectivity index (χ1n) is 6.69. The van der Waals surface area contributed by atoms with Crippen LogP contribution in [0, 0.1) is 12.8 Å². The van der Waals surface area contributed by atoms with Crippen LogP contribution in [-0.2, 0) is 4.79 Å². The molecule has 110 valence electrons. The zero-order valence-electron chi connectivity index (χ0n) is 11.4. The van der Waals surface area contributed by atoms with Crippen LogP contribution in [0.4, 0.5) is 0 Å². The molecule has 1 aliphatic rings. The van der Waals surface area contributed by atoms with Gasteiger partial charge in [0.2, 0.25) is 0 Å². The smallest absolute Gasteiger partial charge is 0.306 e. The van der Waals surface area contributed by atoms with Crippen molar-refractivity contribution >= 4 is 11.9 Å². The van der Waals surface area contributed by atoms with Crippen LogP contribution in [0.3, 0.4) is 0 Å². The molecular weight excluding hydrogens is 274 g/mol. The maximum Gasteiger partial charge on any atom is 0.306 e. The van der Waals surface area contributed by atoms with Crippen LogP contribution in [0.5, 0.6) is 0 Å². The van der Waals surface area contributed by atoms with E-state index in [1.807, 2.05) is 13.0 Å². The summed E-state index contributed by atoms with van der Waals surface area (Å²) in [7, 11) is 0. The van der Waals surface area contributed by atoms with Crippen molar-refractivity contribution in [3.8, 4) is 11.5 Å². The normalized spacial score (nSPS) is 20.8. The summed E-state index contributed by atoms with van der Waals surface area (Å²) in [6.07, 6.45) is 0.936. The molecule has 2 aromatic heterocycles. The van der Waals surface area contributed by atoms with Crippen LogP contribution >= 0.6 is 0 Å². The predicted octanol–water partition coefficient (Wildman–Crippen LogP) is 1.57. The third-order valence-corrected chi connectivity index (χ3v) is 3.64. The second-order valence-corrected chi connectivity index (χ2v) is 5.25. The molecule has 0 saturated heterocycles. The van der Waals surface area contributed by atoms with E-state index >= 15 is 0 Å². The van der Waals surface area contributed by atoms with E-state index in [0.717, 1.165) is 5.76 Å². The van der Waals surface area contributed by atoms with E-state index in [4.69, 9.17) is 9.52 Å². The lowest BCUT2D eigenvalue weighted by molar-refractivity contribution is -0.145. The van der Waals surface area contributed by atoms with Crippen molar-refractivity contribution in [2.24, 2.45) is 5.92 Å². The molecule has 1 saturated carbocycles. The standard InChI is InChI=1S/C14H15N3O4/c1-7-2-3-12(21-7)10-6-11(17-16-10)13(18)15-9-4-8(5-9)14(19)20/h2-3,6,8-9H,4-5H2,1H3,(H,15,18)(H,16,17)(H,19,20). The molecule has 0 unspecified atom stereocenters. The van der Waals surface area contributed by atoms with Crippen molar-refractivity contribution in [1.29, 1.82) is 0 Å². The minimum absolute atomic E-state index is 0.0930. The van der Waals surface area contributed by atoms with E-state index in [9.17, 15) is 9.59 Å². The number of nitrogens with zero attached hydrogens (tertiary/aromatic N) is 1. The maximum atomic E-state index is 12.0. The van der Waals surface area contributed by atoms with Crippen molar-refractivity contribution in [2.45, 2.75) is 25.8 Å². The topological polar surface area (TPSA) is 108 Å². The van der Waals surface area contributed by atoms with Crippen molar-refractivity contribution in [2.75, 3.05) is 0 Å². The van der Waals surface area contributed by atoms with Gasteiger partial charge < -0.3 is 14.8 Å². The number of aromatic nitrogens is 2. The molecule has 7 nitrogen and oxygen atoms in total. The monoisotopic (exact) mass is 289 g/mol. The van der Waals surface area contributed by atoms with Crippen LogP contribution < -0.4 is 5.32 Å². The third kappa shape index (κ3) is 2.67. The highest BCUT2D eigenvalue weighted by Crippen LogP contribution is 2.27. The Morgan fingerprint density at radius 3 is 2.81 bits per heavy atom. The Hall–Kier alpha value is -2.57. The average Bonchev–Trinajstić information content (AvgIpc) is 3.00. The number of aliphatic carboxylic acids is 1. The predicted molar refractivity (Wildman–Crippen MR) is 72.6 cm³/mol. The first-order valence-corrected chi connectivity index (χ1v) is 6.69. The number of nitrogens with one attached hydrogen (secondary N) is 2. The fourth-order valence-electron chi connectivity index (χ4n) is 2.34. The van der Waals surface area contributed by atoms with E-state index in [1.165, 1.54) is 0 Å². The number of H-pyrrole nitrogens is 1. The van der Waals surface area contributed by atoms with E-state index < -0.39 is 5.97 Å². The number of carboxylic acid groups (broad SMARTS) is 1. The highest BCUT2D eigenvalue weighted by Gasteiger charge is 2.35. The summed E-state index contributed by atoms with van der Waals surface area (Å²) in [5.41, 5.74) is 0.892. The molecule has 7 heteroatoms. The molecule has 21 heavy (non-hydrogen) atoms. The van der Waals surface area contributed by atoms with Gasteiger partial charge in [-0.25, -0.2) is 0 Å². The second-order valence-electron chi connectivity index (χ2n) is 5.25. The Labute approximate surface area is 120 Å². The summed E-state index contributed by atoms with van der Waals surface area (Å²) in [5, 5.41) is 18.3. The molecule has 2 aromatic rings. The molecule has 0 aliphatic heterocycles. The van der Waals surface area contributed by atoms with Crippen LogP contribution in [0.2, 0.25) is 0 Å². The average molecular weight is 289 g/mol. The van der Waals surface area contributed by atoms with Gasteiger partial charge in [-0.15, -0.1) is 0 Å². The number of hydrogen-bond donors (Lipinski definition) is 3. The number of aromatic amines is 1. The molecule has 0 atom stereocenters. The van der Waals surface area contributed by atoms with E-state index in [1.54, 1.807) is 12.1 Å². The van der Waals surface area contributed by atoms with E-state index in [-0.39, 0.29) is 23.6 Å². The fourth-order valence-corrected chi connectivity index (χ4v) is 2.34. The zero-order valence-corrected chi connectivity index (χ0v) is 11.4. The van der Waals surface area contributed by atoms with Crippen LogP contribution in [0.25, 0.3) is 11.5 Å². The fraction of sp³-hybridized carbons (Fsp3) is 0.357. The zero-order chi connectivity index (χ0) is 15.0. The van der Waals surface area contributed by atoms with Gasteiger partial charge in [-0.05, 0) is 31.9 Å².